The fourth-order valence-corrected chi connectivity index (χ4v) is 2.44. The fourth-order valence-electron chi connectivity index (χ4n) is 2.44. The maximum atomic E-state index is 11.9. The van der Waals surface area contributed by atoms with Crippen molar-refractivity contribution in [2.75, 3.05) is 27.3 Å². The van der Waals surface area contributed by atoms with Gasteiger partial charge in [0.1, 0.15) is 11.5 Å². The molecule has 0 spiro atoms. The van der Waals surface area contributed by atoms with Gasteiger partial charge in [-0.05, 0) is 41.8 Å². The number of amides is 1. The third kappa shape index (κ3) is 6.85. The highest BCUT2D eigenvalue weighted by atomic mass is 16.5. The Kier molecular flexibility index (Phi) is 7.79. The Hall–Kier alpha value is -2.53. The normalized spacial score (nSPS) is 10.3. The largest absolute Gasteiger partial charge is 0.497 e. The zero-order valence-corrected chi connectivity index (χ0v) is 14.9. The number of benzene rings is 2. The summed E-state index contributed by atoms with van der Waals surface area (Å²) in [5, 5.41) is 6.22. The second kappa shape index (κ2) is 10.4. The van der Waals surface area contributed by atoms with Gasteiger partial charge in [0.15, 0.2) is 0 Å². The third-order valence-corrected chi connectivity index (χ3v) is 3.89. The van der Waals surface area contributed by atoms with Crippen LogP contribution < -0.4 is 20.1 Å². The Morgan fingerprint density at radius 3 is 2.40 bits per heavy atom. The summed E-state index contributed by atoms with van der Waals surface area (Å²) in [7, 11) is 3.31. The zero-order chi connectivity index (χ0) is 17.9. The smallest absolute Gasteiger partial charge is 0.221 e. The predicted molar refractivity (Wildman–Crippen MR) is 99.0 cm³/mol. The molecule has 1 amide bonds. The van der Waals surface area contributed by atoms with Crippen LogP contribution in [-0.4, -0.2) is 33.2 Å². The first kappa shape index (κ1) is 18.8. The van der Waals surface area contributed by atoms with Crippen molar-refractivity contribution in [2.24, 2.45) is 0 Å². The van der Waals surface area contributed by atoms with Crippen LogP contribution in [0.4, 0.5) is 0 Å². The molecule has 0 saturated carbocycles. The Balaban J connectivity index is 1.58. The van der Waals surface area contributed by atoms with E-state index in [0.717, 1.165) is 30.0 Å². The molecule has 2 N–H and O–H groups in total. The number of hydrogen-bond acceptors (Lipinski definition) is 4. The molecule has 0 aliphatic rings. The molecule has 0 saturated heterocycles. The van der Waals surface area contributed by atoms with Gasteiger partial charge in [0.05, 0.1) is 14.2 Å². The maximum Gasteiger partial charge on any atom is 0.221 e. The standard InChI is InChI=1S/C20H26N2O3/c1-24-18-8-6-17(7-9-18)15-21-12-11-20(23)22-13-10-16-4-3-5-19(14-16)25-2/h3-9,14,21H,10-13,15H2,1-2H3,(H,22,23). The lowest BCUT2D eigenvalue weighted by atomic mass is 10.1. The van der Waals surface area contributed by atoms with E-state index < -0.39 is 0 Å². The molecule has 5 nitrogen and oxygen atoms in total. The van der Waals surface area contributed by atoms with Crippen LogP contribution in [0.3, 0.4) is 0 Å². The van der Waals surface area contributed by atoms with Crippen molar-refractivity contribution in [3.63, 3.8) is 0 Å². The fraction of sp³-hybridized carbons (Fsp3) is 0.350. The first-order valence-electron chi connectivity index (χ1n) is 8.44. The second-order valence-corrected chi connectivity index (χ2v) is 5.73. The van der Waals surface area contributed by atoms with E-state index in [1.54, 1.807) is 14.2 Å². The molecule has 2 rings (SSSR count). The van der Waals surface area contributed by atoms with E-state index in [1.807, 2.05) is 48.5 Å². The van der Waals surface area contributed by atoms with Gasteiger partial charge >= 0.3 is 0 Å². The molecule has 0 heterocycles. The van der Waals surface area contributed by atoms with Gasteiger partial charge in [-0.25, -0.2) is 0 Å². The van der Waals surface area contributed by atoms with Crippen molar-refractivity contribution < 1.29 is 14.3 Å². The molecule has 0 aliphatic carbocycles. The molecule has 134 valence electrons. The van der Waals surface area contributed by atoms with Gasteiger partial charge < -0.3 is 20.1 Å². The van der Waals surface area contributed by atoms with Crippen LogP contribution in [0.1, 0.15) is 17.5 Å². The van der Waals surface area contributed by atoms with Crippen molar-refractivity contribution in [3.05, 3.63) is 59.7 Å². The highest BCUT2D eigenvalue weighted by Gasteiger charge is 2.02. The van der Waals surface area contributed by atoms with E-state index in [4.69, 9.17) is 9.47 Å². The van der Waals surface area contributed by atoms with Crippen molar-refractivity contribution >= 4 is 5.91 Å². The molecular weight excluding hydrogens is 316 g/mol. The van der Waals surface area contributed by atoms with Crippen LogP contribution in [0.25, 0.3) is 0 Å². The van der Waals surface area contributed by atoms with E-state index in [0.29, 0.717) is 19.5 Å². The molecule has 0 bridgehead atoms. The molecule has 2 aromatic carbocycles. The predicted octanol–water partition coefficient (Wildman–Crippen LogP) is 2.54. The minimum Gasteiger partial charge on any atom is -0.497 e. The summed E-state index contributed by atoms with van der Waals surface area (Å²) in [5.74, 6) is 1.75. The van der Waals surface area contributed by atoms with Gasteiger partial charge in [-0.3, -0.25) is 4.79 Å². The van der Waals surface area contributed by atoms with Crippen molar-refractivity contribution in [3.8, 4) is 11.5 Å². The number of hydrogen-bond donors (Lipinski definition) is 2. The number of carbonyl (C=O) groups excluding carboxylic acids is 1. The quantitative estimate of drug-likeness (QED) is 0.652. The number of methoxy groups -OCH3 is 2. The van der Waals surface area contributed by atoms with Crippen LogP contribution in [0.15, 0.2) is 48.5 Å². The Morgan fingerprint density at radius 1 is 0.920 bits per heavy atom. The van der Waals surface area contributed by atoms with Gasteiger partial charge in [0.25, 0.3) is 0 Å². The van der Waals surface area contributed by atoms with Gasteiger partial charge in [-0.15, -0.1) is 0 Å². The molecular formula is C20H26N2O3. The van der Waals surface area contributed by atoms with Crippen molar-refractivity contribution in [2.45, 2.75) is 19.4 Å². The average molecular weight is 342 g/mol. The minimum absolute atomic E-state index is 0.0603. The Morgan fingerprint density at radius 2 is 1.68 bits per heavy atom. The maximum absolute atomic E-state index is 11.9. The molecule has 2 aromatic rings. The second-order valence-electron chi connectivity index (χ2n) is 5.73. The van der Waals surface area contributed by atoms with E-state index in [9.17, 15) is 4.79 Å². The van der Waals surface area contributed by atoms with Gasteiger partial charge in [0, 0.05) is 26.1 Å². The summed E-state index contributed by atoms with van der Waals surface area (Å²) >= 11 is 0. The SMILES string of the molecule is COc1ccc(CNCCC(=O)NCCc2cccc(OC)c2)cc1. The summed E-state index contributed by atoms with van der Waals surface area (Å²) in [5.41, 5.74) is 2.32. The molecule has 0 aromatic heterocycles. The average Bonchev–Trinajstić information content (AvgIpc) is 2.66. The Labute approximate surface area is 149 Å². The van der Waals surface area contributed by atoms with Gasteiger partial charge in [-0.2, -0.15) is 0 Å². The monoisotopic (exact) mass is 342 g/mol. The summed E-state index contributed by atoms with van der Waals surface area (Å²) < 4.78 is 10.3. The van der Waals surface area contributed by atoms with Crippen LogP contribution in [0.5, 0.6) is 11.5 Å². The molecule has 0 aliphatic heterocycles. The van der Waals surface area contributed by atoms with Crippen molar-refractivity contribution in [1.29, 1.82) is 0 Å². The van der Waals surface area contributed by atoms with Crippen LogP contribution in [-0.2, 0) is 17.8 Å². The lowest BCUT2D eigenvalue weighted by Gasteiger charge is -2.08. The number of carbonyl (C=O) groups is 1. The molecule has 0 radical (unpaired) electrons. The van der Waals surface area contributed by atoms with Crippen LogP contribution in [0, 0.1) is 0 Å². The number of ether oxygens (including phenoxy) is 2. The highest BCUT2D eigenvalue weighted by molar-refractivity contribution is 5.76. The van der Waals surface area contributed by atoms with E-state index in [1.165, 1.54) is 5.56 Å². The van der Waals surface area contributed by atoms with Gasteiger partial charge in [-0.1, -0.05) is 24.3 Å². The van der Waals surface area contributed by atoms with Crippen LogP contribution >= 0.6 is 0 Å². The molecule has 25 heavy (non-hydrogen) atoms. The first-order valence-corrected chi connectivity index (χ1v) is 8.44. The van der Waals surface area contributed by atoms with E-state index in [2.05, 4.69) is 10.6 Å². The molecule has 0 unspecified atom stereocenters. The zero-order valence-electron chi connectivity index (χ0n) is 14.9. The summed E-state index contributed by atoms with van der Waals surface area (Å²) in [6.07, 6.45) is 1.26. The highest BCUT2D eigenvalue weighted by Crippen LogP contribution is 2.12. The molecule has 5 heteroatoms. The number of rotatable bonds is 10. The Bertz CT molecular complexity index is 656. The third-order valence-electron chi connectivity index (χ3n) is 3.89. The molecule has 0 atom stereocenters. The topological polar surface area (TPSA) is 59.6 Å². The minimum atomic E-state index is 0.0603. The van der Waals surface area contributed by atoms with Crippen LogP contribution in [0.2, 0.25) is 0 Å². The summed E-state index contributed by atoms with van der Waals surface area (Å²) in [4.78, 5) is 11.9. The van der Waals surface area contributed by atoms with E-state index in [-0.39, 0.29) is 5.91 Å². The lowest BCUT2D eigenvalue weighted by molar-refractivity contribution is -0.120. The van der Waals surface area contributed by atoms with Gasteiger partial charge in [0.2, 0.25) is 5.91 Å². The summed E-state index contributed by atoms with van der Waals surface area (Å²) in [6, 6.07) is 15.8. The summed E-state index contributed by atoms with van der Waals surface area (Å²) in [6.45, 7) is 2.02. The molecule has 0 fully saturated rings. The number of nitrogens with one attached hydrogen (secondary N) is 2. The van der Waals surface area contributed by atoms with E-state index >= 15 is 0 Å². The lowest BCUT2D eigenvalue weighted by Crippen LogP contribution is -2.29. The van der Waals surface area contributed by atoms with Crippen molar-refractivity contribution in [1.82, 2.24) is 10.6 Å². The first-order chi connectivity index (χ1) is 12.2.